The van der Waals surface area contributed by atoms with Crippen LogP contribution in [0, 0.1) is 50.2 Å². The molecule has 3 heterocycles. The van der Waals surface area contributed by atoms with Crippen LogP contribution in [0.1, 0.15) is 113 Å². The highest BCUT2D eigenvalue weighted by Crippen LogP contribution is 2.75. The van der Waals surface area contributed by atoms with Crippen molar-refractivity contribution in [1.29, 1.82) is 0 Å². The number of ether oxygens (including phenoxy) is 6. The molecule has 8 rings (SSSR count). The number of aliphatic hydroxyl groups is 8. The fourth-order valence-corrected chi connectivity index (χ4v) is 14.8. The topological polar surface area (TPSA) is 309 Å². The van der Waals surface area contributed by atoms with Crippen LogP contribution in [0.5, 0.6) is 0 Å². The number of carboxylic acids is 2. The van der Waals surface area contributed by atoms with Gasteiger partial charge in [-0.2, -0.15) is 0 Å². The number of aliphatic hydroxyl groups excluding tert-OH is 8. The van der Waals surface area contributed by atoms with Crippen LogP contribution in [-0.2, 0) is 42.8 Å². The van der Waals surface area contributed by atoms with Gasteiger partial charge in [-0.3, -0.25) is 9.59 Å². The molecular weight excluding hydrogens is 881 g/mol. The predicted molar refractivity (Wildman–Crippen MR) is 230 cm³/mol. The average Bonchev–Trinajstić information content (AvgIpc) is 3.25. The average molecular weight is 955 g/mol. The number of carbonyl (C=O) groups is 3. The zero-order valence-corrected chi connectivity index (χ0v) is 39.8. The second-order valence-corrected chi connectivity index (χ2v) is 23.4. The van der Waals surface area contributed by atoms with Gasteiger partial charge in [0.1, 0.15) is 61.0 Å². The number of carboxylic acid groups (broad SMARTS) is 2. The summed E-state index contributed by atoms with van der Waals surface area (Å²) >= 11 is 0. The normalized spacial score (nSPS) is 54.1. The smallest absolute Gasteiger partial charge is 0.335 e. The summed E-state index contributed by atoms with van der Waals surface area (Å²) in [6.45, 7) is 15.4. The lowest BCUT2D eigenvalue weighted by molar-refractivity contribution is -0.395. The fourth-order valence-electron chi connectivity index (χ4n) is 14.8. The summed E-state index contributed by atoms with van der Waals surface area (Å²) in [4.78, 5) is 40.0. The maximum atomic E-state index is 15.0. The molecule has 67 heavy (non-hydrogen) atoms. The Morgan fingerprint density at radius 3 is 1.93 bits per heavy atom. The van der Waals surface area contributed by atoms with Gasteiger partial charge in [-0.15, -0.1) is 0 Å². The lowest BCUT2D eigenvalue weighted by Crippen LogP contribution is -2.68. The van der Waals surface area contributed by atoms with Crippen LogP contribution in [0.3, 0.4) is 0 Å². The quantitative estimate of drug-likeness (QED) is 0.144. The van der Waals surface area contributed by atoms with E-state index in [-0.39, 0.29) is 34.4 Å². The van der Waals surface area contributed by atoms with Crippen LogP contribution in [-0.4, -0.2) is 174 Å². The molecule has 10 N–H and O–H groups in total. The number of hydrogen-bond donors (Lipinski definition) is 10. The first-order valence-electron chi connectivity index (χ1n) is 24.1. The molecular formula is C48H74O19. The highest BCUT2D eigenvalue weighted by molar-refractivity contribution is 5.95. The maximum absolute atomic E-state index is 15.0. The molecule has 0 spiro atoms. The van der Waals surface area contributed by atoms with Gasteiger partial charge in [0.2, 0.25) is 0 Å². The third-order valence-corrected chi connectivity index (χ3v) is 19.3. The van der Waals surface area contributed by atoms with Crippen LogP contribution in [0.4, 0.5) is 0 Å². The van der Waals surface area contributed by atoms with E-state index in [2.05, 4.69) is 27.7 Å². The van der Waals surface area contributed by atoms with Crippen molar-refractivity contribution >= 4 is 17.7 Å². The Morgan fingerprint density at radius 1 is 0.687 bits per heavy atom. The second-order valence-electron chi connectivity index (χ2n) is 23.4. The number of rotatable bonds is 9. The molecule has 24 atom stereocenters. The van der Waals surface area contributed by atoms with Crippen LogP contribution >= 0.6 is 0 Å². The van der Waals surface area contributed by atoms with Crippen molar-refractivity contribution in [1.82, 2.24) is 0 Å². The molecule has 4 saturated carbocycles. The molecule has 19 heteroatoms. The number of ketones is 1. The third kappa shape index (κ3) is 7.88. The standard InChI is InChI=1S/C48H74O19/c1-20-27(51)29(53)33(57)39(62-20)66-35-30(54)28(52)24(19-49)63-40(35)67-36-32(56)31(55)34(38(58)59)65-41(36)64-26-10-11-46(6)25(43(26,2)3)9-12-48(8)37(46)23(50)17-21-22-18-45(5,42(60)61)14-13-44(22,4)15-16-47(21,48)7/h17,20,22,24-37,39-41,49,51-57H,9-16,18-19H2,1-8H3,(H,58,59)(H,60,61)/t20-,22-,24+,25-,26-,27-,28+,29+,30-,31-,32-,33+,34-,35+,36+,37+,39-,40-,41-,44+,45-,46-,47+,48+/m0/s1. The van der Waals surface area contributed by atoms with Gasteiger partial charge >= 0.3 is 11.9 Å². The van der Waals surface area contributed by atoms with E-state index in [1.54, 1.807) is 0 Å². The van der Waals surface area contributed by atoms with E-state index in [1.165, 1.54) is 6.92 Å². The van der Waals surface area contributed by atoms with Crippen molar-refractivity contribution in [3.8, 4) is 0 Å². The van der Waals surface area contributed by atoms with E-state index in [1.807, 2.05) is 26.8 Å². The second kappa shape index (κ2) is 17.5. The Bertz CT molecular complexity index is 1950. The number of fused-ring (bicyclic) bond motifs is 7. The molecule has 5 aliphatic carbocycles. The molecule has 0 aromatic rings. The van der Waals surface area contributed by atoms with E-state index in [4.69, 9.17) is 28.4 Å². The minimum atomic E-state index is -2.07. The highest BCUT2D eigenvalue weighted by atomic mass is 16.8. The van der Waals surface area contributed by atoms with Crippen LogP contribution in [0.15, 0.2) is 11.6 Å². The molecule has 3 aliphatic heterocycles. The molecule has 7 fully saturated rings. The van der Waals surface area contributed by atoms with Gasteiger partial charge in [0.25, 0.3) is 0 Å². The Kier molecular flexibility index (Phi) is 13.4. The van der Waals surface area contributed by atoms with E-state index in [9.17, 15) is 65.4 Å². The third-order valence-electron chi connectivity index (χ3n) is 19.3. The first-order chi connectivity index (χ1) is 31.1. The summed E-state index contributed by atoms with van der Waals surface area (Å²) in [6.07, 6.45) is -19.2. The SMILES string of the molecule is C[C@@H]1O[C@@H](O[C@H]2[C@H](O[C@H]3[C@@H](O[C@H]4CC[C@]5(C)[C@H]6C(=O)C=C7[C@@H]8C[C@@](C)(C(=O)O)CC[C@]8(C)CC[C@@]7(C)[C@]6(C)CC[C@H]5C4(C)C)O[C@H](C(=O)O)[C@@H](O)[C@@H]3O)O[C@H](CO)[C@@H](O)[C@@H]2O)[C@H](O)[C@H](O)[C@H]1O. The van der Waals surface area contributed by atoms with Crippen molar-refractivity contribution in [3.63, 3.8) is 0 Å². The summed E-state index contributed by atoms with van der Waals surface area (Å²) < 4.78 is 36.1. The number of allylic oxidation sites excluding steroid dienone is 2. The molecule has 380 valence electrons. The lowest BCUT2D eigenvalue weighted by atomic mass is 9.33. The van der Waals surface area contributed by atoms with Crippen molar-refractivity contribution in [2.24, 2.45) is 50.2 Å². The van der Waals surface area contributed by atoms with Gasteiger partial charge < -0.3 is 79.5 Å². The van der Waals surface area contributed by atoms with Gasteiger partial charge in [0.05, 0.1) is 24.2 Å². The van der Waals surface area contributed by atoms with E-state index >= 15 is 0 Å². The van der Waals surface area contributed by atoms with Crippen LogP contribution in [0.2, 0.25) is 0 Å². The number of carbonyl (C=O) groups excluding carboxylic acids is 1. The van der Waals surface area contributed by atoms with Crippen LogP contribution < -0.4 is 0 Å². The summed E-state index contributed by atoms with van der Waals surface area (Å²) in [6, 6.07) is 0. The van der Waals surface area contributed by atoms with E-state index in [0.29, 0.717) is 38.5 Å². The molecule has 0 aromatic carbocycles. The number of aliphatic carboxylic acids is 2. The monoisotopic (exact) mass is 954 g/mol. The Morgan fingerprint density at radius 2 is 1.30 bits per heavy atom. The highest BCUT2D eigenvalue weighted by Gasteiger charge is 2.71. The first kappa shape index (κ1) is 51.2. The fraction of sp³-hybridized carbons (Fsp3) is 0.896. The summed E-state index contributed by atoms with van der Waals surface area (Å²) in [5.41, 5.74) is -1.95. The molecule has 3 saturated heterocycles. The Balaban J connectivity index is 1.07. The zero-order valence-electron chi connectivity index (χ0n) is 39.8. The van der Waals surface area contributed by atoms with Gasteiger partial charge in [-0.05, 0) is 117 Å². The first-order valence-corrected chi connectivity index (χ1v) is 24.1. The van der Waals surface area contributed by atoms with Crippen LogP contribution in [0.25, 0.3) is 0 Å². The minimum absolute atomic E-state index is 0.0374. The van der Waals surface area contributed by atoms with Crippen molar-refractivity contribution in [2.75, 3.05) is 6.61 Å². The molecule has 0 unspecified atom stereocenters. The summed E-state index contributed by atoms with van der Waals surface area (Å²) in [5.74, 6) is -2.88. The summed E-state index contributed by atoms with van der Waals surface area (Å²) in [7, 11) is 0. The molecule has 0 aromatic heterocycles. The summed E-state index contributed by atoms with van der Waals surface area (Å²) in [5, 5.41) is 107. The predicted octanol–water partition coefficient (Wildman–Crippen LogP) is 1.01. The Hall–Kier alpha value is -2.21. The zero-order chi connectivity index (χ0) is 49.3. The van der Waals surface area contributed by atoms with Gasteiger partial charge in [0, 0.05) is 5.92 Å². The van der Waals surface area contributed by atoms with Gasteiger partial charge in [-0.25, -0.2) is 4.79 Å². The molecule has 0 radical (unpaired) electrons. The van der Waals surface area contributed by atoms with Gasteiger partial charge in [0.15, 0.2) is 30.8 Å². The maximum Gasteiger partial charge on any atom is 0.335 e. The van der Waals surface area contributed by atoms with Crippen molar-refractivity contribution < 1.29 is 93.9 Å². The molecule has 0 bridgehead atoms. The lowest BCUT2D eigenvalue weighted by Gasteiger charge is -2.70. The molecule has 0 amide bonds. The number of hydrogen-bond acceptors (Lipinski definition) is 17. The van der Waals surface area contributed by atoms with E-state index < -0.39 is 138 Å². The minimum Gasteiger partial charge on any atom is -0.481 e. The molecule has 8 aliphatic rings. The molecule has 19 nitrogen and oxygen atoms in total. The Labute approximate surface area is 390 Å². The van der Waals surface area contributed by atoms with Gasteiger partial charge in [-0.1, -0.05) is 47.1 Å². The van der Waals surface area contributed by atoms with E-state index in [0.717, 1.165) is 24.8 Å². The van der Waals surface area contributed by atoms with Crippen molar-refractivity contribution in [3.05, 3.63) is 11.6 Å². The largest absolute Gasteiger partial charge is 0.481 e. The van der Waals surface area contributed by atoms with Crippen molar-refractivity contribution in [2.45, 2.75) is 211 Å².